The number of carbonyl (C=O) groups excluding carboxylic acids is 1. The quantitative estimate of drug-likeness (QED) is 0.537. The highest BCUT2D eigenvalue weighted by Crippen LogP contribution is 2.31. The predicted molar refractivity (Wildman–Crippen MR) is 124 cm³/mol. The van der Waals surface area contributed by atoms with E-state index < -0.39 is 22.0 Å². The average molecular weight is 469 g/mol. The average Bonchev–Trinajstić information content (AvgIpc) is 2.67. The van der Waals surface area contributed by atoms with E-state index >= 15 is 0 Å². The van der Waals surface area contributed by atoms with Crippen LogP contribution in [0.15, 0.2) is 36.4 Å². The molecule has 0 saturated heterocycles. The molecule has 0 radical (unpaired) electrons. The van der Waals surface area contributed by atoms with Gasteiger partial charge in [-0.3, -0.25) is 9.10 Å². The number of hydrogen-bond acceptors (Lipinski definition) is 5. The van der Waals surface area contributed by atoms with E-state index in [1.54, 1.807) is 19.1 Å². The standard InChI is InChI=1S/C22H29ClN2O5S/c1-6-20(22(26)24-9-10-30-18-12-15(2)11-16(3)13-18)25(31(5,27)28)17-7-8-21(29-4)19(23)14-17/h7-8,11-14,20H,6,9-10H2,1-5H3,(H,24,26)/t20-/m0/s1. The summed E-state index contributed by atoms with van der Waals surface area (Å²) >= 11 is 6.17. The summed E-state index contributed by atoms with van der Waals surface area (Å²) in [6, 6.07) is 9.56. The minimum Gasteiger partial charge on any atom is -0.495 e. The second-order valence-electron chi connectivity index (χ2n) is 7.26. The maximum atomic E-state index is 12.8. The van der Waals surface area contributed by atoms with Crippen LogP contribution in [-0.2, 0) is 14.8 Å². The zero-order valence-corrected chi connectivity index (χ0v) is 20.0. The molecule has 0 spiro atoms. The molecule has 0 aliphatic heterocycles. The Kier molecular flexibility index (Phi) is 8.59. The molecule has 2 aromatic carbocycles. The van der Waals surface area contributed by atoms with Crippen LogP contribution in [0.25, 0.3) is 0 Å². The SMILES string of the molecule is CC[C@@H](C(=O)NCCOc1cc(C)cc(C)c1)N(c1ccc(OC)c(Cl)c1)S(C)(=O)=O. The van der Waals surface area contributed by atoms with Gasteiger partial charge < -0.3 is 14.8 Å². The second kappa shape index (κ2) is 10.7. The highest BCUT2D eigenvalue weighted by molar-refractivity contribution is 7.92. The molecule has 0 saturated carbocycles. The number of hydrogen-bond donors (Lipinski definition) is 1. The number of nitrogens with zero attached hydrogens (tertiary/aromatic N) is 1. The van der Waals surface area contributed by atoms with Gasteiger partial charge in [-0.25, -0.2) is 8.42 Å². The van der Waals surface area contributed by atoms with Crippen molar-refractivity contribution in [1.29, 1.82) is 0 Å². The summed E-state index contributed by atoms with van der Waals surface area (Å²) in [5.74, 6) is 0.730. The molecule has 31 heavy (non-hydrogen) atoms. The van der Waals surface area contributed by atoms with E-state index in [1.165, 1.54) is 13.2 Å². The van der Waals surface area contributed by atoms with Crippen LogP contribution in [0.3, 0.4) is 0 Å². The fourth-order valence-electron chi connectivity index (χ4n) is 3.33. The Morgan fingerprint density at radius 1 is 1.16 bits per heavy atom. The van der Waals surface area contributed by atoms with Crippen molar-refractivity contribution in [3.05, 3.63) is 52.5 Å². The van der Waals surface area contributed by atoms with E-state index in [1.807, 2.05) is 32.0 Å². The number of rotatable bonds is 10. The van der Waals surface area contributed by atoms with Crippen LogP contribution in [0.5, 0.6) is 11.5 Å². The van der Waals surface area contributed by atoms with Gasteiger partial charge in [0.2, 0.25) is 15.9 Å². The molecule has 2 aromatic rings. The number of benzene rings is 2. The maximum absolute atomic E-state index is 12.8. The van der Waals surface area contributed by atoms with Gasteiger partial charge in [0, 0.05) is 0 Å². The monoisotopic (exact) mass is 468 g/mol. The number of ether oxygens (including phenoxy) is 2. The largest absolute Gasteiger partial charge is 0.495 e. The minimum atomic E-state index is -3.75. The second-order valence-corrected chi connectivity index (χ2v) is 9.53. The lowest BCUT2D eigenvalue weighted by Gasteiger charge is -2.30. The Hall–Kier alpha value is -2.45. The van der Waals surface area contributed by atoms with Crippen molar-refractivity contribution < 1.29 is 22.7 Å². The first-order valence-electron chi connectivity index (χ1n) is 9.88. The number of anilines is 1. The Bertz CT molecular complexity index is 1010. The lowest BCUT2D eigenvalue weighted by Crippen LogP contribution is -2.50. The van der Waals surface area contributed by atoms with Gasteiger partial charge in [-0.05, 0) is 61.7 Å². The van der Waals surface area contributed by atoms with Gasteiger partial charge in [0.1, 0.15) is 24.1 Å². The summed E-state index contributed by atoms with van der Waals surface area (Å²) in [7, 11) is -2.28. The van der Waals surface area contributed by atoms with Crippen molar-refractivity contribution >= 4 is 33.2 Å². The summed E-state index contributed by atoms with van der Waals surface area (Å²) in [4.78, 5) is 12.8. The van der Waals surface area contributed by atoms with Crippen LogP contribution in [0.1, 0.15) is 24.5 Å². The molecule has 2 rings (SSSR count). The van der Waals surface area contributed by atoms with Crippen molar-refractivity contribution in [2.75, 3.05) is 30.8 Å². The first-order valence-corrected chi connectivity index (χ1v) is 12.1. The highest BCUT2D eigenvalue weighted by atomic mass is 35.5. The molecule has 0 aliphatic rings. The summed E-state index contributed by atoms with van der Waals surface area (Å²) < 4.78 is 37.0. The smallest absolute Gasteiger partial charge is 0.244 e. The normalized spacial score (nSPS) is 12.2. The summed E-state index contributed by atoms with van der Waals surface area (Å²) in [5, 5.41) is 3.02. The van der Waals surface area contributed by atoms with Gasteiger partial charge in [0.25, 0.3) is 0 Å². The number of nitrogens with one attached hydrogen (secondary N) is 1. The van der Waals surface area contributed by atoms with Crippen LogP contribution >= 0.6 is 11.6 Å². The van der Waals surface area contributed by atoms with Crippen molar-refractivity contribution in [2.24, 2.45) is 0 Å². The molecule has 1 amide bonds. The van der Waals surface area contributed by atoms with Crippen molar-refractivity contribution in [1.82, 2.24) is 5.32 Å². The van der Waals surface area contributed by atoms with Gasteiger partial charge in [-0.2, -0.15) is 0 Å². The van der Waals surface area contributed by atoms with E-state index in [0.29, 0.717) is 11.4 Å². The fraction of sp³-hybridized carbons (Fsp3) is 0.409. The third-order valence-electron chi connectivity index (χ3n) is 4.58. The van der Waals surface area contributed by atoms with Gasteiger partial charge in [0.05, 0.1) is 30.6 Å². The van der Waals surface area contributed by atoms with Gasteiger partial charge >= 0.3 is 0 Å². The minimum absolute atomic E-state index is 0.239. The Balaban J connectivity index is 2.10. The Morgan fingerprint density at radius 3 is 2.32 bits per heavy atom. The molecular formula is C22H29ClN2O5S. The van der Waals surface area contributed by atoms with Crippen LogP contribution in [-0.4, -0.2) is 46.9 Å². The highest BCUT2D eigenvalue weighted by Gasteiger charge is 2.31. The Morgan fingerprint density at radius 2 is 1.81 bits per heavy atom. The lowest BCUT2D eigenvalue weighted by atomic mass is 10.1. The maximum Gasteiger partial charge on any atom is 0.244 e. The number of carbonyl (C=O) groups is 1. The summed E-state index contributed by atoms with van der Waals surface area (Å²) in [5.41, 5.74) is 2.47. The summed E-state index contributed by atoms with van der Waals surface area (Å²) in [6.07, 6.45) is 1.34. The van der Waals surface area contributed by atoms with E-state index in [9.17, 15) is 13.2 Å². The van der Waals surface area contributed by atoms with Gasteiger partial charge in [0.15, 0.2) is 0 Å². The third-order valence-corrected chi connectivity index (χ3v) is 6.06. The molecule has 9 heteroatoms. The van der Waals surface area contributed by atoms with Crippen molar-refractivity contribution in [3.63, 3.8) is 0 Å². The molecule has 0 aromatic heterocycles. The third kappa shape index (κ3) is 6.77. The van der Waals surface area contributed by atoms with Gasteiger partial charge in [-0.1, -0.05) is 24.6 Å². The molecule has 7 nitrogen and oxygen atoms in total. The first-order chi connectivity index (χ1) is 14.6. The first kappa shape index (κ1) is 24.8. The summed E-state index contributed by atoms with van der Waals surface area (Å²) in [6.45, 7) is 6.22. The zero-order valence-electron chi connectivity index (χ0n) is 18.4. The number of amides is 1. The molecule has 0 fully saturated rings. The number of sulfonamides is 1. The Labute approximate surface area is 189 Å². The molecule has 1 N–H and O–H groups in total. The van der Waals surface area contributed by atoms with Crippen LogP contribution in [0, 0.1) is 13.8 Å². The topological polar surface area (TPSA) is 84.9 Å². The van der Waals surface area contributed by atoms with Crippen LogP contribution < -0.4 is 19.1 Å². The van der Waals surface area contributed by atoms with Crippen molar-refractivity contribution in [3.8, 4) is 11.5 Å². The molecule has 0 heterocycles. The molecule has 0 aliphatic carbocycles. The number of aryl methyl sites for hydroxylation is 2. The predicted octanol–water partition coefficient (Wildman–Crippen LogP) is 3.71. The van der Waals surface area contributed by atoms with E-state index in [0.717, 1.165) is 27.4 Å². The van der Waals surface area contributed by atoms with Crippen LogP contribution in [0.4, 0.5) is 5.69 Å². The number of halogens is 1. The molecule has 0 bridgehead atoms. The zero-order chi connectivity index (χ0) is 23.2. The lowest BCUT2D eigenvalue weighted by molar-refractivity contribution is -0.122. The fourth-order valence-corrected chi connectivity index (χ4v) is 4.79. The van der Waals surface area contributed by atoms with E-state index in [4.69, 9.17) is 21.1 Å². The van der Waals surface area contributed by atoms with E-state index in [-0.39, 0.29) is 24.6 Å². The number of methoxy groups -OCH3 is 1. The molecule has 1 atom stereocenters. The molecule has 170 valence electrons. The molecule has 0 unspecified atom stereocenters. The van der Waals surface area contributed by atoms with Gasteiger partial charge in [-0.15, -0.1) is 0 Å². The molecular weight excluding hydrogens is 440 g/mol. The van der Waals surface area contributed by atoms with Crippen molar-refractivity contribution in [2.45, 2.75) is 33.2 Å². The van der Waals surface area contributed by atoms with E-state index in [2.05, 4.69) is 5.32 Å². The van der Waals surface area contributed by atoms with Crippen LogP contribution in [0.2, 0.25) is 5.02 Å².